The number of amides is 1. The van der Waals surface area contributed by atoms with E-state index in [1.165, 1.54) is 24.4 Å². The van der Waals surface area contributed by atoms with Crippen LogP contribution in [0.15, 0.2) is 42.6 Å². The summed E-state index contributed by atoms with van der Waals surface area (Å²) in [6.07, 6.45) is 1.48. The van der Waals surface area contributed by atoms with E-state index in [1.807, 2.05) is 19.9 Å². The van der Waals surface area contributed by atoms with Crippen molar-refractivity contribution in [3.05, 3.63) is 65.4 Å². The smallest absolute Gasteiger partial charge is 0.257 e. The zero-order valence-corrected chi connectivity index (χ0v) is 14.8. The second kappa shape index (κ2) is 7.35. The summed E-state index contributed by atoms with van der Waals surface area (Å²) >= 11 is 0. The number of nitrogens with zero attached hydrogens (tertiary/aromatic N) is 3. The zero-order valence-electron chi connectivity index (χ0n) is 14.8. The Kier molecular flexibility index (Phi) is 4.97. The number of rotatable bonds is 5. The lowest BCUT2D eigenvalue weighted by Gasteiger charge is -2.12. The van der Waals surface area contributed by atoms with E-state index in [0.29, 0.717) is 23.7 Å². The maximum absolute atomic E-state index is 13.4. The molecule has 6 nitrogen and oxygen atoms in total. The van der Waals surface area contributed by atoms with Crippen LogP contribution in [0.1, 0.15) is 28.7 Å². The number of nitrogens with one attached hydrogen (secondary N) is 1. The molecule has 0 unspecified atom stereocenters. The van der Waals surface area contributed by atoms with Gasteiger partial charge in [-0.3, -0.25) is 4.79 Å². The van der Waals surface area contributed by atoms with Crippen LogP contribution in [0, 0.1) is 19.7 Å². The molecule has 0 aliphatic carbocycles. The Balaban J connectivity index is 1.80. The van der Waals surface area contributed by atoms with Crippen LogP contribution in [0.2, 0.25) is 0 Å². The highest BCUT2D eigenvalue weighted by Crippen LogP contribution is 2.26. The second-order valence-corrected chi connectivity index (χ2v) is 5.77. The number of pyridine rings is 1. The first-order valence-electron chi connectivity index (χ1n) is 8.21. The summed E-state index contributed by atoms with van der Waals surface area (Å²) in [5, 5.41) is 7.09. The summed E-state index contributed by atoms with van der Waals surface area (Å²) in [5.74, 6) is 0.129. The molecular formula is C19H19FN4O2. The number of hydrogen-bond acceptors (Lipinski definition) is 4. The molecule has 1 aromatic carbocycles. The Labute approximate surface area is 150 Å². The molecule has 0 saturated heterocycles. The molecule has 2 aromatic heterocycles. The number of carbonyl (C=O) groups is 1. The molecule has 0 saturated carbocycles. The quantitative estimate of drug-likeness (QED) is 0.759. The predicted octanol–water partition coefficient (Wildman–Crippen LogP) is 3.67. The molecule has 0 radical (unpaired) electrons. The third-order valence-electron chi connectivity index (χ3n) is 3.73. The first-order valence-corrected chi connectivity index (χ1v) is 8.21. The van der Waals surface area contributed by atoms with E-state index < -0.39 is 5.82 Å². The van der Waals surface area contributed by atoms with E-state index in [4.69, 9.17) is 4.74 Å². The molecule has 0 bridgehead atoms. The summed E-state index contributed by atoms with van der Waals surface area (Å²) in [7, 11) is 0. The molecule has 1 N–H and O–H groups in total. The summed E-state index contributed by atoms with van der Waals surface area (Å²) in [6.45, 7) is 6.00. The van der Waals surface area contributed by atoms with Gasteiger partial charge < -0.3 is 10.1 Å². The SMILES string of the molecule is CCOc1cc(F)ccc1NC(=O)c1ccc(-n2nc(C)cc2C)nc1. The minimum absolute atomic E-state index is 0.285. The van der Waals surface area contributed by atoms with Crippen LogP contribution in [-0.4, -0.2) is 27.3 Å². The van der Waals surface area contributed by atoms with E-state index in [0.717, 1.165) is 11.4 Å². The van der Waals surface area contributed by atoms with Crippen molar-refractivity contribution in [1.82, 2.24) is 14.8 Å². The molecule has 1 amide bonds. The van der Waals surface area contributed by atoms with Gasteiger partial charge in [0.05, 0.1) is 23.6 Å². The second-order valence-electron chi connectivity index (χ2n) is 5.77. The van der Waals surface area contributed by atoms with Crippen LogP contribution in [0.25, 0.3) is 5.82 Å². The number of aromatic nitrogens is 3. The molecule has 0 aliphatic heterocycles. The van der Waals surface area contributed by atoms with Crippen molar-refractivity contribution in [2.24, 2.45) is 0 Å². The molecule has 26 heavy (non-hydrogen) atoms. The minimum atomic E-state index is -0.428. The summed E-state index contributed by atoms with van der Waals surface area (Å²) in [6, 6.07) is 9.31. The molecule has 0 aliphatic rings. The summed E-state index contributed by atoms with van der Waals surface area (Å²) < 4.78 is 20.4. The molecule has 7 heteroatoms. The van der Waals surface area contributed by atoms with Crippen LogP contribution in [0.3, 0.4) is 0 Å². The summed E-state index contributed by atoms with van der Waals surface area (Å²) in [4.78, 5) is 16.8. The third-order valence-corrected chi connectivity index (χ3v) is 3.73. The van der Waals surface area contributed by atoms with Crippen molar-refractivity contribution < 1.29 is 13.9 Å². The number of benzene rings is 1. The van der Waals surface area contributed by atoms with Gasteiger partial charge in [-0.15, -0.1) is 0 Å². The Hall–Kier alpha value is -3.22. The van der Waals surface area contributed by atoms with Gasteiger partial charge in [-0.25, -0.2) is 14.1 Å². The van der Waals surface area contributed by atoms with Crippen LogP contribution in [0.5, 0.6) is 5.75 Å². The number of aryl methyl sites for hydroxylation is 2. The average molecular weight is 354 g/mol. The van der Waals surface area contributed by atoms with Crippen LogP contribution >= 0.6 is 0 Å². The third kappa shape index (κ3) is 3.72. The Morgan fingerprint density at radius 3 is 2.65 bits per heavy atom. The van der Waals surface area contributed by atoms with Gasteiger partial charge in [0.2, 0.25) is 0 Å². The molecule has 0 spiro atoms. The normalized spacial score (nSPS) is 10.6. The van der Waals surface area contributed by atoms with Gasteiger partial charge in [0.25, 0.3) is 5.91 Å². The number of anilines is 1. The van der Waals surface area contributed by atoms with E-state index >= 15 is 0 Å². The average Bonchev–Trinajstić information content (AvgIpc) is 2.96. The molecule has 3 rings (SSSR count). The van der Waals surface area contributed by atoms with Gasteiger partial charge in [-0.2, -0.15) is 5.10 Å². The standard InChI is InChI=1S/C19H19FN4O2/c1-4-26-17-10-15(20)6-7-16(17)22-19(25)14-5-8-18(21-11-14)24-13(3)9-12(2)23-24/h5-11H,4H2,1-3H3,(H,22,25). The van der Waals surface area contributed by atoms with Crippen molar-refractivity contribution in [2.45, 2.75) is 20.8 Å². The maximum Gasteiger partial charge on any atom is 0.257 e. The monoisotopic (exact) mass is 354 g/mol. The number of halogens is 1. The molecular weight excluding hydrogens is 335 g/mol. The fraction of sp³-hybridized carbons (Fsp3) is 0.211. The lowest BCUT2D eigenvalue weighted by Crippen LogP contribution is -2.14. The first-order chi connectivity index (χ1) is 12.5. The van der Waals surface area contributed by atoms with Crippen molar-refractivity contribution >= 4 is 11.6 Å². The largest absolute Gasteiger partial charge is 0.492 e. The number of carbonyl (C=O) groups excluding carboxylic acids is 1. The molecule has 3 aromatic rings. The lowest BCUT2D eigenvalue weighted by atomic mass is 10.2. The minimum Gasteiger partial charge on any atom is -0.492 e. The van der Waals surface area contributed by atoms with Crippen LogP contribution in [0.4, 0.5) is 10.1 Å². The molecule has 2 heterocycles. The summed E-state index contributed by atoms with van der Waals surface area (Å²) in [5.41, 5.74) is 2.63. The fourth-order valence-electron chi connectivity index (χ4n) is 2.58. The van der Waals surface area contributed by atoms with Gasteiger partial charge in [-0.05, 0) is 51.1 Å². The van der Waals surface area contributed by atoms with E-state index in [9.17, 15) is 9.18 Å². The van der Waals surface area contributed by atoms with Gasteiger partial charge >= 0.3 is 0 Å². The van der Waals surface area contributed by atoms with E-state index in [2.05, 4.69) is 15.4 Å². The van der Waals surface area contributed by atoms with Gasteiger partial charge in [0, 0.05) is 18.0 Å². The van der Waals surface area contributed by atoms with Crippen molar-refractivity contribution in [1.29, 1.82) is 0 Å². The highest BCUT2D eigenvalue weighted by Gasteiger charge is 2.12. The zero-order chi connectivity index (χ0) is 18.7. The predicted molar refractivity (Wildman–Crippen MR) is 96.4 cm³/mol. The molecule has 0 atom stereocenters. The fourth-order valence-corrected chi connectivity index (χ4v) is 2.58. The topological polar surface area (TPSA) is 69.0 Å². The highest BCUT2D eigenvalue weighted by atomic mass is 19.1. The molecule has 134 valence electrons. The molecule has 0 fully saturated rings. The Morgan fingerprint density at radius 1 is 1.23 bits per heavy atom. The maximum atomic E-state index is 13.4. The number of ether oxygens (including phenoxy) is 1. The van der Waals surface area contributed by atoms with E-state index in [-0.39, 0.29) is 11.7 Å². The van der Waals surface area contributed by atoms with Gasteiger partial charge in [0.1, 0.15) is 11.6 Å². The Morgan fingerprint density at radius 2 is 2.04 bits per heavy atom. The Bertz CT molecular complexity index is 935. The highest BCUT2D eigenvalue weighted by molar-refractivity contribution is 6.04. The van der Waals surface area contributed by atoms with Gasteiger partial charge in [0.15, 0.2) is 5.82 Å². The van der Waals surface area contributed by atoms with Crippen molar-refractivity contribution in [3.8, 4) is 11.6 Å². The number of hydrogen-bond donors (Lipinski definition) is 1. The lowest BCUT2D eigenvalue weighted by molar-refractivity contribution is 0.102. The van der Waals surface area contributed by atoms with Crippen molar-refractivity contribution in [2.75, 3.05) is 11.9 Å². The van der Waals surface area contributed by atoms with Crippen LogP contribution < -0.4 is 10.1 Å². The van der Waals surface area contributed by atoms with E-state index in [1.54, 1.807) is 23.7 Å². The first kappa shape index (κ1) is 17.6. The van der Waals surface area contributed by atoms with Crippen molar-refractivity contribution in [3.63, 3.8) is 0 Å². The van der Waals surface area contributed by atoms with Crippen LogP contribution in [-0.2, 0) is 0 Å². The van der Waals surface area contributed by atoms with Gasteiger partial charge in [-0.1, -0.05) is 0 Å².